The van der Waals surface area contributed by atoms with Crippen molar-refractivity contribution in [2.24, 2.45) is 5.73 Å². The number of ether oxygens (including phenoxy) is 2. The van der Waals surface area contributed by atoms with Crippen molar-refractivity contribution in [3.8, 4) is 0 Å². The number of carboxylic acid groups (broad SMARTS) is 1. The number of nitrogens with two attached hydrogens (primary N) is 1. The van der Waals surface area contributed by atoms with Crippen LogP contribution in [0.5, 0.6) is 0 Å². The molecule has 12 heteroatoms. The molecule has 330 valence electrons. The number of phosphoric ester groups is 1. The number of hydrogen-bond donors (Lipinski definition) is 3. The minimum absolute atomic E-state index is 0.155. The van der Waals surface area contributed by atoms with E-state index in [4.69, 9.17) is 24.8 Å². The topological polar surface area (TPSA) is 172 Å². The molecule has 0 amide bonds. The van der Waals surface area contributed by atoms with Gasteiger partial charge in [-0.15, -0.1) is 0 Å². The molecule has 0 aromatic heterocycles. The van der Waals surface area contributed by atoms with Crippen LogP contribution in [0, 0.1) is 0 Å². The Bertz CT molecular complexity index is 1150. The lowest BCUT2D eigenvalue weighted by Gasteiger charge is -2.20. The number of carbonyl (C=O) groups is 3. The summed E-state index contributed by atoms with van der Waals surface area (Å²) in [5.74, 6) is -2.42. The molecular weight excluding hydrogens is 745 g/mol. The van der Waals surface area contributed by atoms with E-state index in [0.717, 1.165) is 57.8 Å². The molecule has 3 atom stereocenters. The Balaban J connectivity index is 4.40. The first kappa shape index (κ1) is 54.4. The SMILES string of the molecule is CCCCC/C=C\C/C=C\C/C=C\C/C=C\CCCCCC(=O)OC[C@H](COP(=O)(O)OC[C@H](N)C(=O)O)OC(=O)CCCCCCCCCCCCCCCC. The maximum atomic E-state index is 12.6. The molecular formula is C45H80NO10P. The summed E-state index contributed by atoms with van der Waals surface area (Å²) in [4.78, 5) is 45.9. The third-order valence-electron chi connectivity index (χ3n) is 9.33. The van der Waals surface area contributed by atoms with Gasteiger partial charge in [-0.05, 0) is 57.8 Å². The van der Waals surface area contributed by atoms with Crippen LogP contribution in [0.25, 0.3) is 0 Å². The maximum absolute atomic E-state index is 12.6. The number of aliphatic carboxylic acids is 1. The Morgan fingerprint density at radius 1 is 0.544 bits per heavy atom. The van der Waals surface area contributed by atoms with Gasteiger partial charge in [0, 0.05) is 12.8 Å². The molecule has 0 aliphatic heterocycles. The fraction of sp³-hybridized carbons (Fsp3) is 0.756. The third kappa shape index (κ3) is 40.0. The van der Waals surface area contributed by atoms with E-state index in [0.29, 0.717) is 12.8 Å². The lowest BCUT2D eigenvalue weighted by molar-refractivity contribution is -0.161. The summed E-state index contributed by atoms with van der Waals surface area (Å²) in [6, 6.07) is -1.53. The van der Waals surface area contributed by atoms with E-state index in [2.05, 4.69) is 67.0 Å². The number of phosphoric acid groups is 1. The number of esters is 2. The quantitative estimate of drug-likeness (QED) is 0.0232. The Morgan fingerprint density at radius 2 is 0.930 bits per heavy atom. The third-order valence-corrected chi connectivity index (χ3v) is 10.3. The zero-order valence-corrected chi connectivity index (χ0v) is 36.6. The van der Waals surface area contributed by atoms with Gasteiger partial charge in [0.25, 0.3) is 0 Å². The average Bonchev–Trinajstić information content (AvgIpc) is 3.19. The molecule has 11 nitrogen and oxygen atoms in total. The van der Waals surface area contributed by atoms with Crippen LogP contribution < -0.4 is 5.73 Å². The largest absolute Gasteiger partial charge is 0.480 e. The first-order valence-electron chi connectivity index (χ1n) is 22.2. The van der Waals surface area contributed by atoms with Crippen molar-refractivity contribution in [2.45, 2.75) is 199 Å². The maximum Gasteiger partial charge on any atom is 0.472 e. The smallest absolute Gasteiger partial charge is 0.472 e. The molecule has 0 aliphatic rings. The van der Waals surface area contributed by atoms with Crippen LogP contribution >= 0.6 is 7.82 Å². The van der Waals surface area contributed by atoms with Crippen LogP contribution in [0.2, 0.25) is 0 Å². The molecule has 0 radical (unpaired) electrons. The lowest BCUT2D eigenvalue weighted by Crippen LogP contribution is -2.34. The van der Waals surface area contributed by atoms with Gasteiger partial charge in [0.05, 0.1) is 13.2 Å². The second kappa shape index (κ2) is 40.2. The molecule has 0 aliphatic carbocycles. The van der Waals surface area contributed by atoms with Crippen LogP contribution in [0.4, 0.5) is 0 Å². The van der Waals surface area contributed by atoms with Crippen LogP contribution in [0.15, 0.2) is 48.6 Å². The molecule has 1 unspecified atom stereocenters. The van der Waals surface area contributed by atoms with Crippen molar-refractivity contribution >= 4 is 25.7 Å². The monoisotopic (exact) mass is 826 g/mol. The van der Waals surface area contributed by atoms with E-state index in [-0.39, 0.29) is 19.4 Å². The molecule has 57 heavy (non-hydrogen) atoms. The van der Waals surface area contributed by atoms with Gasteiger partial charge in [0.15, 0.2) is 6.10 Å². The van der Waals surface area contributed by atoms with Crippen molar-refractivity contribution in [3.63, 3.8) is 0 Å². The highest BCUT2D eigenvalue weighted by Gasteiger charge is 2.28. The number of allylic oxidation sites excluding steroid dienone is 8. The molecule has 4 N–H and O–H groups in total. The van der Waals surface area contributed by atoms with E-state index >= 15 is 0 Å². The van der Waals surface area contributed by atoms with Crippen molar-refractivity contribution in [3.05, 3.63) is 48.6 Å². The van der Waals surface area contributed by atoms with Crippen LogP contribution in [-0.4, -0.2) is 59.9 Å². The van der Waals surface area contributed by atoms with Gasteiger partial charge in [0.2, 0.25) is 0 Å². The molecule has 0 aromatic carbocycles. The Morgan fingerprint density at radius 3 is 1.42 bits per heavy atom. The summed E-state index contributed by atoms with van der Waals surface area (Å²) in [5, 5.41) is 8.89. The van der Waals surface area contributed by atoms with E-state index in [1.54, 1.807) is 0 Å². The van der Waals surface area contributed by atoms with E-state index < -0.39 is 51.1 Å². The molecule has 0 spiro atoms. The zero-order valence-electron chi connectivity index (χ0n) is 35.7. The zero-order chi connectivity index (χ0) is 42.1. The molecule has 0 bridgehead atoms. The fourth-order valence-electron chi connectivity index (χ4n) is 5.81. The highest BCUT2D eigenvalue weighted by atomic mass is 31.2. The van der Waals surface area contributed by atoms with Gasteiger partial charge in [-0.3, -0.25) is 23.4 Å². The summed E-state index contributed by atoms with van der Waals surface area (Å²) >= 11 is 0. The average molecular weight is 826 g/mol. The molecule has 0 rings (SSSR count). The van der Waals surface area contributed by atoms with Crippen molar-refractivity contribution in [1.82, 2.24) is 0 Å². The molecule has 0 fully saturated rings. The minimum Gasteiger partial charge on any atom is -0.480 e. The van der Waals surface area contributed by atoms with Crippen LogP contribution in [0.1, 0.15) is 187 Å². The predicted molar refractivity (Wildman–Crippen MR) is 231 cm³/mol. The Labute approximate surface area is 345 Å². The Hall–Kier alpha value is -2.56. The van der Waals surface area contributed by atoms with Crippen LogP contribution in [0.3, 0.4) is 0 Å². The minimum atomic E-state index is -4.72. The first-order valence-corrected chi connectivity index (χ1v) is 23.7. The van der Waals surface area contributed by atoms with E-state index in [1.807, 2.05) is 0 Å². The summed E-state index contributed by atoms with van der Waals surface area (Å²) in [7, 11) is -4.72. The van der Waals surface area contributed by atoms with Crippen molar-refractivity contribution < 1.29 is 47.5 Å². The standard InChI is InChI=1S/C45H80NO10P/c1-3-5-7-9-11-13-15-17-19-20-21-22-23-25-26-28-30-32-34-36-43(47)53-38-41(39-54-57(51,52)55-40-42(46)45(49)50)56-44(48)37-35-33-31-29-27-24-18-16-14-12-10-8-6-4-2/h11,13,17,19,21-22,25-26,41-42H,3-10,12,14-16,18,20,23-24,27-40,46H2,1-2H3,(H,49,50)(H,51,52)/b13-11-,19-17-,22-21-,26-25-/t41-,42+/m1/s1. The second-order valence-electron chi connectivity index (χ2n) is 14.8. The predicted octanol–water partition coefficient (Wildman–Crippen LogP) is 11.8. The summed E-state index contributed by atoms with van der Waals surface area (Å²) in [6.45, 7) is 2.74. The first-order chi connectivity index (χ1) is 27.6. The normalized spacial score (nSPS) is 14.2. The number of carbonyl (C=O) groups excluding carboxylic acids is 2. The molecule has 0 heterocycles. The summed E-state index contributed by atoms with van der Waals surface area (Å²) < 4.78 is 32.7. The molecule has 0 saturated heterocycles. The van der Waals surface area contributed by atoms with E-state index in [9.17, 15) is 23.8 Å². The highest BCUT2D eigenvalue weighted by Crippen LogP contribution is 2.43. The molecule has 0 aromatic rings. The van der Waals surface area contributed by atoms with Gasteiger partial charge >= 0.3 is 25.7 Å². The number of unbranched alkanes of at least 4 members (excludes halogenated alkanes) is 19. The van der Waals surface area contributed by atoms with Gasteiger partial charge in [0.1, 0.15) is 12.6 Å². The number of rotatable bonds is 41. The van der Waals surface area contributed by atoms with Gasteiger partial charge in [-0.2, -0.15) is 0 Å². The van der Waals surface area contributed by atoms with Gasteiger partial charge in [-0.25, -0.2) is 4.57 Å². The Kier molecular flexibility index (Phi) is 38.4. The van der Waals surface area contributed by atoms with Crippen molar-refractivity contribution in [1.29, 1.82) is 0 Å². The summed E-state index contributed by atoms with van der Waals surface area (Å²) in [5.41, 5.74) is 5.33. The van der Waals surface area contributed by atoms with Crippen LogP contribution in [-0.2, 0) is 37.5 Å². The second-order valence-corrected chi connectivity index (χ2v) is 16.3. The summed E-state index contributed by atoms with van der Waals surface area (Å²) in [6.07, 6.45) is 44.6. The van der Waals surface area contributed by atoms with E-state index in [1.165, 1.54) is 89.9 Å². The molecule has 0 saturated carbocycles. The van der Waals surface area contributed by atoms with Crippen molar-refractivity contribution in [2.75, 3.05) is 19.8 Å². The number of hydrogen-bond acceptors (Lipinski definition) is 9. The van der Waals surface area contributed by atoms with Gasteiger partial charge < -0.3 is 25.2 Å². The number of carboxylic acids is 1. The highest BCUT2D eigenvalue weighted by molar-refractivity contribution is 7.47. The van der Waals surface area contributed by atoms with Gasteiger partial charge in [-0.1, -0.05) is 165 Å². The lowest BCUT2D eigenvalue weighted by atomic mass is 10.0. The fourth-order valence-corrected chi connectivity index (χ4v) is 6.59.